The Morgan fingerprint density at radius 3 is 2.12 bits per heavy atom. The molecule has 2 rings (SSSR count). The second kappa shape index (κ2) is 8.24. The maximum Gasteiger partial charge on any atom is 0.252 e. The maximum absolute atomic E-state index is 12.5. The van der Waals surface area contributed by atoms with Crippen LogP contribution in [0.15, 0.2) is 48.5 Å². The van der Waals surface area contributed by atoms with E-state index in [2.05, 4.69) is 10.6 Å². The SMILES string of the molecule is CCC(=O)Nc1ccc([C@@H](C)NC(=O)c2ccccc2C(C)=O)cc1. The molecule has 0 aliphatic carbocycles. The van der Waals surface area contributed by atoms with E-state index in [9.17, 15) is 14.4 Å². The molecule has 0 aliphatic heterocycles. The van der Waals surface area contributed by atoms with Crippen molar-refractivity contribution < 1.29 is 14.4 Å². The lowest BCUT2D eigenvalue weighted by Gasteiger charge is -2.16. The molecule has 0 aliphatic rings. The molecule has 2 aromatic rings. The minimum Gasteiger partial charge on any atom is -0.345 e. The predicted molar refractivity (Wildman–Crippen MR) is 97.7 cm³/mol. The number of benzene rings is 2. The van der Waals surface area contributed by atoms with E-state index in [4.69, 9.17) is 0 Å². The number of ketones is 1. The van der Waals surface area contributed by atoms with Gasteiger partial charge >= 0.3 is 0 Å². The molecule has 0 radical (unpaired) electrons. The number of Topliss-reactive ketones (excluding diaryl/α,β-unsaturated/α-hetero) is 1. The summed E-state index contributed by atoms with van der Waals surface area (Å²) in [7, 11) is 0. The van der Waals surface area contributed by atoms with Crippen molar-refractivity contribution in [3.8, 4) is 0 Å². The Morgan fingerprint density at radius 2 is 1.56 bits per heavy atom. The molecule has 0 spiro atoms. The number of amides is 2. The van der Waals surface area contributed by atoms with Crippen molar-refractivity contribution in [3.63, 3.8) is 0 Å². The third kappa shape index (κ3) is 4.76. The van der Waals surface area contributed by atoms with Gasteiger partial charge in [-0.3, -0.25) is 14.4 Å². The highest BCUT2D eigenvalue weighted by atomic mass is 16.2. The lowest BCUT2D eigenvalue weighted by atomic mass is 10.0. The third-order valence-electron chi connectivity index (χ3n) is 3.91. The molecule has 5 heteroatoms. The number of carbonyl (C=O) groups is 3. The van der Waals surface area contributed by atoms with Crippen LogP contribution in [0.1, 0.15) is 59.5 Å². The molecule has 0 saturated heterocycles. The van der Waals surface area contributed by atoms with Crippen LogP contribution in [0, 0.1) is 0 Å². The fourth-order valence-corrected chi connectivity index (χ4v) is 2.45. The Bertz CT molecular complexity index is 782. The van der Waals surface area contributed by atoms with Crippen molar-refractivity contribution in [2.75, 3.05) is 5.32 Å². The minimum absolute atomic E-state index is 0.0464. The standard InChI is InChI=1S/C20H22N2O3/c1-4-19(24)22-16-11-9-15(10-12-16)13(2)21-20(25)18-8-6-5-7-17(18)14(3)23/h5-13H,4H2,1-3H3,(H,21,25)(H,22,24)/t13-/m1/s1. The van der Waals surface area contributed by atoms with E-state index >= 15 is 0 Å². The second-order valence-electron chi connectivity index (χ2n) is 5.82. The quantitative estimate of drug-likeness (QED) is 0.788. The zero-order valence-electron chi connectivity index (χ0n) is 14.6. The fourth-order valence-electron chi connectivity index (χ4n) is 2.45. The molecule has 1 atom stereocenters. The summed E-state index contributed by atoms with van der Waals surface area (Å²) in [6, 6.07) is 13.8. The molecule has 0 heterocycles. The molecule has 2 amide bonds. The lowest BCUT2D eigenvalue weighted by molar-refractivity contribution is -0.115. The van der Waals surface area contributed by atoms with Crippen LogP contribution in [-0.2, 0) is 4.79 Å². The van der Waals surface area contributed by atoms with Gasteiger partial charge in [0.25, 0.3) is 5.91 Å². The first kappa shape index (κ1) is 18.4. The summed E-state index contributed by atoms with van der Waals surface area (Å²) in [5.74, 6) is -0.481. The van der Waals surface area contributed by atoms with Gasteiger partial charge in [0, 0.05) is 17.7 Å². The van der Waals surface area contributed by atoms with E-state index in [0.29, 0.717) is 17.5 Å². The van der Waals surface area contributed by atoms with Gasteiger partial charge in [-0.1, -0.05) is 37.3 Å². The maximum atomic E-state index is 12.5. The van der Waals surface area contributed by atoms with Crippen LogP contribution in [0.5, 0.6) is 0 Å². The Hall–Kier alpha value is -2.95. The van der Waals surface area contributed by atoms with Gasteiger partial charge in [0.2, 0.25) is 5.91 Å². The summed E-state index contributed by atoms with van der Waals surface area (Å²) in [6.07, 6.45) is 0.420. The van der Waals surface area contributed by atoms with Gasteiger partial charge in [-0.25, -0.2) is 0 Å². The molecule has 0 saturated carbocycles. The van der Waals surface area contributed by atoms with Crippen LogP contribution in [-0.4, -0.2) is 17.6 Å². The van der Waals surface area contributed by atoms with E-state index < -0.39 is 0 Å². The van der Waals surface area contributed by atoms with E-state index in [1.165, 1.54) is 6.92 Å². The van der Waals surface area contributed by atoms with Crippen LogP contribution >= 0.6 is 0 Å². The average Bonchev–Trinajstić information content (AvgIpc) is 2.62. The Kier molecular flexibility index (Phi) is 6.06. The van der Waals surface area contributed by atoms with Crippen LogP contribution < -0.4 is 10.6 Å². The largest absolute Gasteiger partial charge is 0.345 e. The predicted octanol–water partition coefficient (Wildman–Crippen LogP) is 3.73. The Morgan fingerprint density at radius 1 is 0.960 bits per heavy atom. The highest BCUT2D eigenvalue weighted by Crippen LogP contribution is 2.18. The third-order valence-corrected chi connectivity index (χ3v) is 3.91. The molecule has 130 valence electrons. The van der Waals surface area contributed by atoms with Gasteiger partial charge in [0.05, 0.1) is 11.6 Å². The number of nitrogens with one attached hydrogen (secondary N) is 2. The Labute approximate surface area is 147 Å². The van der Waals surface area contributed by atoms with Gasteiger partial charge in [-0.2, -0.15) is 0 Å². The summed E-state index contributed by atoms with van der Waals surface area (Å²) < 4.78 is 0. The number of hydrogen-bond donors (Lipinski definition) is 2. The summed E-state index contributed by atoms with van der Waals surface area (Å²) >= 11 is 0. The van der Waals surface area contributed by atoms with Crippen molar-refractivity contribution >= 4 is 23.3 Å². The van der Waals surface area contributed by atoms with Crippen LogP contribution in [0.25, 0.3) is 0 Å². The molecule has 0 fully saturated rings. The summed E-state index contributed by atoms with van der Waals surface area (Å²) in [6.45, 7) is 5.10. The van der Waals surface area contributed by atoms with Gasteiger partial charge in [-0.05, 0) is 37.6 Å². The van der Waals surface area contributed by atoms with Gasteiger partial charge in [0.1, 0.15) is 0 Å². The lowest BCUT2D eigenvalue weighted by Crippen LogP contribution is -2.28. The van der Waals surface area contributed by atoms with Gasteiger partial charge in [-0.15, -0.1) is 0 Å². The van der Waals surface area contributed by atoms with E-state index in [1.54, 1.807) is 43.3 Å². The topological polar surface area (TPSA) is 75.3 Å². The van der Waals surface area contributed by atoms with Crippen molar-refractivity contribution in [1.29, 1.82) is 0 Å². The fraction of sp³-hybridized carbons (Fsp3) is 0.250. The van der Waals surface area contributed by atoms with E-state index in [0.717, 1.165) is 11.3 Å². The number of carbonyl (C=O) groups excluding carboxylic acids is 3. The number of anilines is 1. The normalized spacial score (nSPS) is 11.5. The van der Waals surface area contributed by atoms with E-state index in [-0.39, 0.29) is 23.6 Å². The first-order chi connectivity index (χ1) is 11.9. The first-order valence-corrected chi connectivity index (χ1v) is 8.23. The van der Waals surface area contributed by atoms with Crippen molar-refractivity contribution in [2.24, 2.45) is 0 Å². The molecule has 2 N–H and O–H groups in total. The smallest absolute Gasteiger partial charge is 0.252 e. The minimum atomic E-state index is -0.290. The summed E-state index contributed by atoms with van der Waals surface area (Å²) in [5, 5.41) is 5.68. The summed E-state index contributed by atoms with van der Waals surface area (Å²) in [4.78, 5) is 35.5. The molecule has 0 unspecified atom stereocenters. The van der Waals surface area contributed by atoms with Crippen LogP contribution in [0.2, 0.25) is 0 Å². The van der Waals surface area contributed by atoms with E-state index in [1.807, 2.05) is 19.1 Å². The van der Waals surface area contributed by atoms with Gasteiger partial charge in [0.15, 0.2) is 5.78 Å². The molecular weight excluding hydrogens is 316 g/mol. The molecule has 0 bridgehead atoms. The molecule has 2 aromatic carbocycles. The van der Waals surface area contributed by atoms with Crippen molar-refractivity contribution in [2.45, 2.75) is 33.2 Å². The second-order valence-corrected chi connectivity index (χ2v) is 5.82. The zero-order chi connectivity index (χ0) is 18.4. The number of hydrogen-bond acceptors (Lipinski definition) is 3. The number of rotatable bonds is 6. The van der Waals surface area contributed by atoms with Gasteiger partial charge < -0.3 is 10.6 Å². The monoisotopic (exact) mass is 338 g/mol. The molecule has 5 nitrogen and oxygen atoms in total. The van der Waals surface area contributed by atoms with Crippen molar-refractivity contribution in [3.05, 3.63) is 65.2 Å². The first-order valence-electron chi connectivity index (χ1n) is 8.23. The molecule has 0 aromatic heterocycles. The van der Waals surface area contributed by atoms with Crippen LogP contribution in [0.3, 0.4) is 0 Å². The highest BCUT2D eigenvalue weighted by molar-refractivity contribution is 6.07. The Balaban J connectivity index is 2.09. The summed E-state index contributed by atoms with van der Waals surface area (Å²) in [5.41, 5.74) is 2.40. The molecule has 25 heavy (non-hydrogen) atoms. The van der Waals surface area contributed by atoms with Crippen molar-refractivity contribution in [1.82, 2.24) is 5.32 Å². The zero-order valence-corrected chi connectivity index (χ0v) is 14.6. The molecular formula is C20H22N2O3. The average molecular weight is 338 g/mol. The highest BCUT2D eigenvalue weighted by Gasteiger charge is 2.16. The van der Waals surface area contributed by atoms with Crippen LogP contribution in [0.4, 0.5) is 5.69 Å².